The van der Waals surface area contributed by atoms with Crippen LogP contribution in [0.1, 0.15) is 78.2 Å². The van der Waals surface area contributed by atoms with Crippen LogP contribution in [-0.4, -0.2) is 72.5 Å². The number of piperidine rings is 1. The zero-order valence-electron chi connectivity index (χ0n) is 24.7. The number of rotatable bonds is 7. The van der Waals surface area contributed by atoms with Crippen molar-refractivity contribution in [2.45, 2.75) is 103 Å². The van der Waals surface area contributed by atoms with Crippen molar-refractivity contribution >= 4 is 17.7 Å². The van der Waals surface area contributed by atoms with Crippen molar-refractivity contribution in [1.29, 1.82) is 0 Å². The monoisotopic (exact) mass is 557 g/mol. The van der Waals surface area contributed by atoms with Crippen molar-refractivity contribution in [3.8, 4) is 0 Å². The van der Waals surface area contributed by atoms with Crippen LogP contribution in [0.4, 0.5) is 4.39 Å². The van der Waals surface area contributed by atoms with Gasteiger partial charge >= 0.3 is 0 Å². The average molecular weight is 558 g/mol. The van der Waals surface area contributed by atoms with Crippen molar-refractivity contribution in [3.63, 3.8) is 0 Å². The number of carbonyl (C=O) groups is 3. The van der Waals surface area contributed by atoms with Gasteiger partial charge in [-0.05, 0) is 77.0 Å². The van der Waals surface area contributed by atoms with Gasteiger partial charge in [0.2, 0.25) is 17.7 Å². The lowest BCUT2D eigenvalue weighted by Gasteiger charge is -2.48. The molecule has 3 fully saturated rings. The third-order valence-corrected chi connectivity index (χ3v) is 8.92. The molecule has 8 nitrogen and oxygen atoms in total. The highest BCUT2D eigenvalue weighted by Gasteiger charge is 2.49. The molecule has 40 heavy (non-hydrogen) atoms. The van der Waals surface area contributed by atoms with Crippen LogP contribution in [0, 0.1) is 17.2 Å². The lowest BCUT2D eigenvalue weighted by atomic mass is 9.63. The summed E-state index contributed by atoms with van der Waals surface area (Å²) in [4.78, 5) is 42.7. The highest BCUT2D eigenvalue weighted by molar-refractivity contribution is 5.90. The molecule has 9 heteroatoms. The van der Waals surface area contributed by atoms with Gasteiger partial charge in [0.25, 0.3) is 0 Å². The molecule has 2 saturated heterocycles. The molecule has 0 radical (unpaired) electrons. The van der Waals surface area contributed by atoms with Crippen LogP contribution in [-0.2, 0) is 20.8 Å². The molecule has 4 N–H and O–H groups in total. The Hall–Kier alpha value is -2.52. The Morgan fingerprint density at radius 1 is 1.02 bits per heavy atom. The second-order valence-electron chi connectivity index (χ2n) is 13.2. The number of benzene rings is 1. The topological polar surface area (TPSA) is 103 Å². The third-order valence-electron chi connectivity index (χ3n) is 8.92. The molecule has 222 valence electrons. The first-order valence-electron chi connectivity index (χ1n) is 15.1. The van der Waals surface area contributed by atoms with Crippen LogP contribution in [0.15, 0.2) is 24.3 Å². The lowest BCUT2D eigenvalue weighted by Crippen LogP contribution is -2.62. The molecule has 0 aromatic heterocycles. The molecule has 0 bridgehead atoms. The molecule has 2 unspecified atom stereocenters. The highest BCUT2D eigenvalue weighted by Crippen LogP contribution is 2.46. The molecule has 4 rings (SSSR count). The average Bonchev–Trinajstić information content (AvgIpc) is 2.93. The summed E-state index contributed by atoms with van der Waals surface area (Å²) in [5.41, 5.74) is -0.0218. The number of nitrogens with one attached hydrogen (secondary N) is 4. The summed E-state index contributed by atoms with van der Waals surface area (Å²) in [5, 5.41) is 12.8. The number of likely N-dealkylation sites (tertiary alicyclic amines) is 1. The van der Waals surface area contributed by atoms with Crippen LogP contribution >= 0.6 is 0 Å². The molecule has 2 aliphatic heterocycles. The summed E-state index contributed by atoms with van der Waals surface area (Å²) in [6.45, 7) is 10.2. The second-order valence-corrected chi connectivity index (χ2v) is 13.2. The number of halogens is 1. The zero-order chi connectivity index (χ0) is 28.9. The second kappa shape index (κ2) is 13.0. The predicted molar refractivity (Wildman–Crippen MR) is 154 cm³/mol. The number of hydrogen-bond acceptors (Lipinski definition) is 5. The molecule has 0 spiro atoms. The van der Waals surface area contributed by atoms with Gasteiger partial charge in [-0.25, -0.2) is 4.39 Å². The van der Waals surface area contributed by atoms with E-state index in [9.17, 15) is 18.8 Å². The SMILES string of the molecule is CC1CNC(C(=O)N[C@H](Cc2ccc(F)cc2)C(=O)N2CCC(C(=O)NC(C)(C)C)(C3CCCCC3)CC2)CN1. The first kappa shape index (κ1) is 30.4. The van der Waals surface area contributed by atoms with E-state index in [0.29, 0.717) is 44.9 Å². The number of hydrogen-bond donors (Lipinski definition) is 4. The fraction of sp³-hybridized carbons (Fsp3) is 0.710. The minimum Gasteiger partial charge on any atom is -0.351 e. The van der Waals surface area contributed by atoms with E-state index in [0.717, 1.165) is 31.2 Å². The molecular formula is C31H48FN5O3. The van der Waals surface area contributed by atoms with Gasteiger partial charge in [-0.2, -0.15) is 0 Å². The summed E-state index contributed by atoms with van der Waals surface area (Å²) in [7, 11) is 0. The maximum Gasteiger partial charge on any atom is 0.245 e. The van der Waals surface area contributed by atoms with Gasteiger partial charge in [-0.1, -0.05) is 31.4 Å². The van der Waals surface area contributed by atoms with Gasteiger partial charge in [0.1, 0.15) is 11.9 Å². The van der Waals surface area contributed by atoms with E-state index >= 15 is 0 Å². The molecule has 3 aliphatic rings. The van der Waals surface area contributed by atoms with E-state index in [1.165, 1.54) is 18.6 Å². The highest BCUT2D eigenvalue weighted by atomic mass is 19.1. The van der Waals surface area contributed by atoms with E-state index in [-0.39, 0.29) is 41.5 Å². The van der Waals surface area contributed by atoms with Gasteiger partial charge in [0, 0.05) is 44.2 Å². The summed E-state index contributed by atoms with van der Waals surface area (Å²) in [6.07, 6.45) is 7.12. The van der Waals surface area contributed by atoms with E-state index in [4.69, 9.17) is 0 Å². The van der Waals surface area contributed by atoms with Crippen molar-refractivity contribution in [2.24, 2.45) is 11.3 Å². The van der Waals surface area contributed by atoms with Gasteiger partial charge in [-0.3, -0.25) is 14.4 Å². The molecule has 3 amide bonds. The molecule has 3 atom stereocenters. The normalized spacial score (nSPS) is 24.7. The van der Waals surface area contributed by atoms with E-state index in [2.05, 4.69) is 21.3 Å². The summed E-state index contributed by atoms with van der Waals surface area (Å²) in [5.74, 6) is -0.282. The molecule has 1 aliphatic carbocycles. The fourth-order valence-corrected chi connectivity index (χ4v) is 6.58. The van der Waals surface area contributed by atoms with Crippen molar-refractivity contribution in [1.82, 2.24) is 26.2 Å². The molecule has 1 saturated carbocycles. The number of nitrogens with zero attached hydrogens (tertiary/aromatic N) is 1. The van der Waals surface area contributed by atoms with Crippen molar-refractivity contribution in [3.05, 3.63) is 35.6 Å². The molecule has 2 heterocycles. The van der Waals surface area contributed by atoms with Crippen LogP contribution < -0.4 is 21.3 Å². The van der Waals surface area contributed by atoms with Gasteiger partial charge in [0.15, 0.2) is 0 Å². The van der Waals surface area contributed by atoms with E-state index in [1.807, 2.05) is 32.6 Å². The fourth-order valence-electron chi connectivity index (χ4n) is 6.58. The Labute approximate surface area is 238 Å². The van der Waals surface area contributed by atoms with Crippen LogP contribution in [0.2, 0.25) is 0 Å². The summed E-state index contributed by atoms with van der Waals surface area (Å²) < 4.78 is 13.6. The Balaban J connectivity index is 1.49. The van der Waals surface area contributed by atoms with Gasteiger partial charge in [0.05, 0.1) is 11.5 Å². The van der Waals surface area contributed by atoms with Crippen molar-refractivity contribution in [2.75, 3.05) is 26.2 Å². The van der Waals surface area contributed by atoms with Crippen LogP contribution in [0.3, 0.4) is 0 Å². The third kappa shape index (κ3) is 7.60. The molecule has 1 aromatic rings. The molecule has 1 aromatic carbocycles. The quantitative estimate of drug-likeness (QED) is 0.413. The standard InChI is InChI=1S/C31H48FN5O3/c1-21-19-34-26(20-33-21)27(38)35-25(18-22-10-12-24(32)13-11-22)28(39)37-16-14-31(15-17-37,23-8-6-5-7-9-23)29(40)36-30(2,3)4/h10-13,21,23,25-26,33-34H,5-9,14-20H2,1-4H3,(H,35,38)(H,36,40)/t21?,25-,26?/m1/s1. The lowest BCUT2D eigenvalue weighted by molar-refractivity contribution is -0.147. The Bertz CT molecular complexity index is 1020. The first-order valence-corrected chi connectivity index (χ1v) is 15.1. The van der Waals surface area contributed by atoms with E-state index < -0.39 is 17.5 Å². The Morgan fingerprint density at radius 3 is 2.25 bits per heavy atom. The van der Waals surface area contributed by atoms with E-state index in [1.54, 1.807) is 12.1 Å². The Kier molecular flexibility index (Phi) is 9.88. The number of carbonyl (C=O) groups excluding carboxylic acids is 3. The van der Waals surface area contributed by atoms with Gasteiger partial charge in [-0.15, -0.1) is 0 Å². The maximum atomic E-state index is 13.9. The number of piperazine rings is 1. The molecular weight excluding hydrogens is 509 g/mol. The van der Waals surface area contributed by atoms with Crippen LogP contribution in [0.5, 0.6) is 0 Å². The van der Waals surface area contributed by atoms with Crippen molar-refractivity contribution < 1.29 is 18.8 Å². The number of amides is 3. The largest absolute Gasteiger partial charge is 0.351 e. The first-order chi connectivity index (χ1) is 19.0. The minimum absolute atomic E-state index is 0.111. The van der Waals surface area contributed by atoms with Gasteiger partial charge < -0.3 is 26.2 Å². The maximum absolute atomic E-state index is 13.9. The Morgan fingerprint density at radius 2 is 1.68 bits per heavy atom. The predicted octanol–water partition coefficient (Wildman–Crippen LogP) is 2.91. The summed E-state index contributed by atoms with van der Waals surface area (Å²) >= 11 is 0. The smallest absolute Gasteiger partial charge is 0.245 e. The minimum atomic E-state index is -0.773. The van der Waals surface area contributed by atoms with Crippen LogP contribution in [0.25, 0.3) is 0 Å². The summed E-state index contributed by atoms with van der Waals surface area (Å²) in [6, 6.07) is 5.13. The zero-order valence-corrected chi connectivity index (χ0v) is 24.7.